The van der Waals surface area contributed by atoms with Crippen LogP contribution in [-0.2, 0) is 9.84 Å². The van der Waals surface area contributed by atoms with Crippen LogP contribution in [0.2, 0.25) is 0 Å². The fraction of sp³-hybridized carbons (Fsp3) is 0.368. The summed E-state index contributed by atoms with van der Waals surface area (Å²) in [6, 6.07) is 19.2. The fourth-order valence-electron chi connectivity index (χ4n) is 2.01. The van der Waals surface area contributed by atoms with Gasteiger partial charge in [0.15, 0.2) is 0 Å². The number of hydrogen-bond donors (Lipinski definition) is 0. The smallest absolute Gasteiger partial charge is 0.146 e. The van der Waals surface area contributed by atoms with Crippen LogP contribution < -0.4 is 0 Å². The molecule has 0 amide bonds. The van der Waals surface area contributed by atoms with Crippen LogP contribution in [0, 0.1) is 0 Å². The SMILES string of the molecule is CC(C)(C)c1ccccc1-c1ccccc1.CC(C)O[SiH3]. The van der Waals surface area contributed by atoms with Crippen LogP contribution in [0.1, 0.15) is 40.2 Å². The average Bonchev–Trinajstić information content (AvgIpc) is 2.48. The number of benzene rings is 2. The molecule has 0 saturated carbocycles. The topological polar surface area (TPSA) is 9.23 Å². The molecule has 114 valence electrons. The van der Waals surface area contributed by atoms with Crippen molar-refractivity contribution in [3.8, 4) is 11.1 Å². The van der Waals surface area contributed by atoms with Crippen molar-refractivity contribution < 1.29 is 4.43 Å². The van der Waals surface area contributed by atoms with Crippen molar-refractivity contribution in [2.45, 2.75) is 46.1 Å². The third-order valence-electron chi connectivity index (χ3n) is 3.29. The van der Waals surface area contributed by atoms with E-state index in [9.17, 15) is 0 Å². The molecule has 0 atom stereocenters. The van der Waals surface area contributed by atoms with Gasteiger partial charge in [0.1, 0.15) is 10.5 Å². The van der Waals surface area contributed by atoms with Crippen LogP contribution in [0.15, 0.2) is 54.6 Å². The van der Waals surface area contributed by atoms with Gasteiger partial charge in [0.05, 0.1) is 0 Å². The summed E-state index contributed by atoms with van der Waals surface area (Å²) in [7, 11) is 0.873. The van der Waals surface area contributed by atoms with E-state index < -0.39 is 0 Å². The second-order valence-electron chi connectivity index (χ2n) is 6.45. The first kappa shape index (κ1) is 17.7. The van der Waals surface area contributed by atoms with Crippen LogP contribution in [0.5, 0.6) is 0 Å². The number of rotatable bonds is 2. The Labute approximate surface area is 132 Å². The van der Waals surface area contributed by atoms with Crippen molar-refractivity contribution >= 4 is 10.5 Å². The van der Waals surface area contributed by atoms with E-state index in [2.05, 4.69) is 75.4 Å². The van der Waals surface area contributed by atoms with Crippen molar-refractivity contribution in [2.24, 2.45) is 0 Å². The van der Waals surface area contributed by atoms with Gasteiger partial charge in [-0.3, -0.25) is 0 Å². The lowest BCUT2D eigenvalue weighted by Crippen LogP contribution is -2.12. The normalized spacial score (nSPS) is 11.1. The molecule has 0 saturated heterocycles. The molecule has 0 N–H and O–H groups in total. The quantitative estimate of drug-likeness (QED) is 0.750. The van der Waals surface area contributed by atoms with Crippen molar-refractivity contribution in [1.29, 1.82) is 0 Å². The predicted molar refractivity (Wildman–Crippen MR) is 96.7 cm³/mol. The van der Waals surface area contributed by atoms with Crippen molar-refractivity contribution in [1.82, 2.24) is 0 Å². The molecule has 2 rings (SSSR count). The zero-order chi connectivity index (χ0) is 15.9. The third kappa shape index (κ3) is 5.86. The van der Waals surface area contributed by atoms with Crippen molar-refractivity contribution in [3.63, 3.8) is 0 Å². The first-order valence-corrected chi connectivity index (χ1v) is 8.35. The van der Waals surface area contributed by atoms with Crippen molar-refractivity contribution in [3.05, 3.63) is 60.2 Å². The van der Waals surface area contributed by atoms with Crippen molar-refractivity contribution in [2.75, 3.05) is 0 Å². The van der Waals surface area contributed by atoms with E-state index in [0.29, 0.717) is 6.10 Å². The van der Waals surface area contributed by atoms with Gasteiger partial charge in [-0.2, -0.15) is 0 Å². The fourth-order valence-corrected chi connectivity index (χ4v) is 2.01. The highest BCUT2D eigenvalue weighted by atomic mass is 28.2. The Kier molecular flexibility index (Phi) is 6.86. The summed E-state index contributed by atoms with van der Waals surface area (Å²) in [5.41, 5.74) is 4.23. The molecule has 0 aliphatic rings. The van der Waals surface area contributed by atoms with Crippen LogP contribution in [0.4, 0.5) is 0 Å². The standard InChI is InChI=1S/C16H18.C3H10OSi/c1-16(2,3)15-12-8-7-11-14(15)13-9-5-4-6-10-13;1-3(2)4-5/h4-12H,1-3H3;3H,1-2,5H3. The lowest BCUT2D eigenvalue weighted by atomic mass is 9.82. The zero-order valence-corrected chi connectivity index (χ0v) is 16.2. The van der Waals surface area contributed by atoms with Gasteiger partial charge in [0.2, 0.25) is 0 Å². The van der Waals surface area contributed by atoms with Gasteiger partial charge in [0, 0.05) is 6.10 Å². The monoisotopic (exact) mass is 300 g/mol. The Balaban J connectivity index is 0.000000383. The van der Waals surface area contributed by atoms with Crippen LogP contribution >= 0.6 is 0 Å². The van der Waals surface area contributed by atoms with E-state index in [0.717, 1.165) is 10.5 Å². The molecule has 0 aliphatic heterocycles. The van der Waals surface area contributed by atoms with Gasteiger partial charge >= 0.3 is 0 Å². The van der Waals surface area contributed by atoms with E-state index >= 15 is 0 Å². The summed E-state index contributed by atoms with van der Waals surface area (Å²) in [6.07, 6.45) is 0.446. The minimum atomic E-state index is 0.187. The highest BCUT2D eigenvalue weighted by Crippen LogP contribution is 2.32. The minimum absolute atomic E-state index is 0.187. The molecule has 2 heteroatoms. The van der Waals surface area contributed by atoms with Crippen LogP contribution in [0.25, 0.3) is 11.1 Å². The summed E-state index contributed by atoms with van der Waals surface area (Å²) in [5, 5.41) is 0. The van der Waals surface area contributed by atoms with Crippen LogP contribution in [0.3, 0.4) is 0 Å². The molecule has 0 unspecified atom stereocenters. The molecule has 2 aromatic rings. The second-order valence-corrected chi connectivity index (χ2v) is 6.92. The Morgan fingerprint density at radius 1 is 0.857 bits per heavy atom. The summed E-state index contributed by atoms with van der Waals surface area (Å²) in [5.74, 6) is 0. The Morgan fingerprint density at radius 2 is 1.33 bits per heavy atom. The number of hydrogen-bond acceptors (Lipinski definition) is 1. The Morgan fingerprint density at radius 3 is 1.81 bits per heavy atom. The molecule has 0 aliphatic carbocycles. The minimum Gasteiger partial charge on any atom is -0.426 e. The van der Waals surface area contributed by atoms with Crippen LogP contribution in [-0.4, -0.2) is 16.6 Å². The van der Waals surface area contributed by atoms with Gasteiger partial charge < -0.3 is 4.43 Å². The molecule has 1 nitrogen and oxygen atoms in total. The summed E-state index contributed by atoms with van der Waals surface area (Å²) in [4.78, 5) is 0. The highest BCUT2D eigenvalue weighted by Gasteiger charge is 2.17. The maximum Gasteiger partial charge on any atom is 0.146 e. The predicted octanol–water partition coefficient (Wildman–Crippen LogP) is 4.34. The second kappa shape index (κ2) is 8.16. The first-order chi connectivity index (χ1) is 9.86. The molecule has 2 aromatic carbocycles. The summed E-state index contributed by atoms with van der Waals surface area (Å²) < 4.78 is 4.89. The maximum absolute atomic E-state index is 4.89. The summed E-state index contributed by atoms with van der Waals surface area (Å²) in [6.45, 7) is 10.8. The van der Waals surface area contributed by atoms with E-state index in [1.807, 2.05) is 13.8 Å². The molecule has 0 fully saturated rings. The zero-order valence-electron chi connectivity index (χ0n) is 14.2. The lowest BCUT2D eigenvalue weighted by Gasteiger charge is -2.23. The molecular weight excluding hydrogens is 272 g/mol. The first-order valence-electron chi connectivity index (χ1n) is 7.54. The summed E-state index contributed by atoms with van der Waals surface area (Å²) >= 11 is 0. The third-order valence-corrected chi connectivity index (χ3v) is 4.23. The lowest BCUT2D eigenvalue weighted by molar-refractivity contribution is 0.267. The van der Waals surface area contributed by atoms with E-state index in [1.165, 1.54) is 16.7 Å². The Hall–Kier alpha value is -1.38. The molecule has 0 spiro atoms. The maximum atomic E-state index is 4.89. The molecule has 0 radical (unpaired) electrons. The van der Waals surface area contributed by atoms with E-state index in [4.69, 9.17) is 4.43 Å². The van der Waals surface area contributed by atoms with E-state index in [1.54, 1.807) is 0 Å². The van der Waals surface area contributed by atoms with Gasteiger partial charge in [-0.1, -0.05) is 75.4 Å². The van der Waals surface area contributed by atoms with Gasteiger partial charge in [-0.05, 0) is 36.0 Å². The molecule has 0 aromatic heterocycles. The van der Waals surface area contributed by atoms with Gasteiger partial charge in [-0.15, -0.1) is 0 Å². The largest absolute Gasteiger partial charge is 0.426 e. The molecule has 0 bridgehead atoms. The van der Waals surface area contributed by atoms with Gasteiger partial charge in [-0.25, -0.2) is 0 Å². The van der Waals surface area contributed by atoms with E-state index in [-0.39, 0.29) is 5.41 Å². The molecular formula is C19H28OSi. The van der Waals surface area contributed by atoms with Gasteiger partial charge in [0.25, 0.3) is 0 Å². The molecule has 0 heterocycles. The highest BCUT2D eigenvalue weighted by molar-refractivity contribution is 5.98. The Bertz CT molecular complexity index is 527. The average molecular weight is 301 g/mol. The molecule has 21 heavy (non-hydrogen) atoms.